The zero-order valence-corrected chi connectivity index (χ0v) is 15.9. The third-order valence-corrected chi connectivity index (χ3v) is 5.89. The first-order valence-corrected chi connectivity index (χ1v) is 9.78. The molecule has 0 radical (unpaired) electrons. The van der Waals surface area contributed by atoms with E-state index in [9.17, 15) is 0 Å². The molecule has 3 fully saturated rings. The predicted octanol–water partition coefficient (Wildman–Crippen LogP) is 3.47. The van der Waals surface area contributed by atoms with E-state index in [0.717, 1.165) is 22.8 Å². The molecule has 0 spiro atoms. The van der Waals surface area contributed by atoms with Gasteiger partial charge >= 0.3 is 0 Å². The second kappa shape index (κ2) is 6.67. The van der Waals surface area contributed by atoms with Crippen LogP contribution in [0.3, 0.4) is 0 Å². The minimum atomic E-state index is -0.563. The Balaban J connectivity index is 1.77. The van der Waals surface area contributed by atoms with E-state index in [1.54, 1.807) is 0 Å². The van der Waals surface area contributed by atoms with E-state index in [4.69, 9.17) is 18.9 Å². The van der Waals surface area contributed by atoms with Crippen molar-refractivity contribution >= 4 is 22.6 Å². The number of hydrogen-bond donors (Lipinski definition) is 0. The second-order valence-corrected chi connectivity index (χ2v) is 8.08. The van der Waals surface area contributed by atoms with Gasteiger partial charge in [0.05, 0.1) is 24.9 Å². The molecule has 3 aliphatic rings. The Morgan fingerprint density at radius 1 is 1.18 bits per heavy atom. The largest absolute Gasteiger partial charge is 0.372 e. The molecule has 0 bridgehead atoms. The minimum absolute atomic E-state index is 0.0230. The molecule has 0 aromatic carbocycles. The summed E-state index contributed by atoms with van der Waals surface area (Å²) >= 11 is 2.40. The van der Waals surface area contributed by atoms with Crippen molar-refractivity contribution in [2.45, 2.75) is 76.3 Å². The van der Waals surface area contributed by atoms with Crippen molar-refractivity contribution in [3.8, 4) is 0 Å². The molecule has 126 valence electrons. The highest BCUT2D eigenvalue weighted by Gasteiger charge is 2.54. The molecule has 0 aromatic rings. The number of ether oxygens (including phenoxy) is 4. The molecule has 3 saturated heterocycles. The van der Waals surface area contributed by atoms with Gasteiger partial charge in [-0.05, 0) is 40.0 Å². The van der Waals surface area contributed by atoms with Crippen LogP contribution in [0.15, 0.2) is 12.2 Å². The Morgan fingerprint density at radius 3 is 2.59 bits per heavy atom. The van der Waals surface area contributed by atoms with Gasteiger partial charge in [0.15, 0.2) is 5.79 Å². The first-order chi connectivity index (χ1) is 10.4. The maximum Gasteiger partial charge on any atom is 0.163 e. The number of hydrogen-bond acceptors (Lipinski definition) is 4. The lowest BCUT2D eigenvalue weighted by molar-refractivity contribution is -0.193. The fourth-order valence-electron chi connectivity index (χ4n) is 3.81. The van der Waals surface area contributed by atoms with Crippen LogP contribution in [0.5, 0.6) is 0 Å². The number of fused-ring (bicyclic) bond motifs is 1. The second-order valence-electron chi connectivity index (χ2n) is 7.20. The third-order valence-electron chi connectivity index (χ3n) is 4.91. The van der Waals surface area contributed by atoms with E-state index in [0.29, 0.717) is 12.7 Å². The van der Waals surface area contributed by atoms with Crippen LogP contribution in [-0.4, -0.2) is 47.3 Å². The van der Waals surface area contributed by atoms with E-state index in [2.05, 4.69) is 29.2 Å². The lowest BCUT2D eigenvalue weighted by Gasteiger charge is -2.43. The number of rotatable bonds is 3. The SMILES string of the molecule is C=C(C)[C@@H]1CO[C@@H]([C@H]2CCCC(CI)O2)[C@H]2OC(C)(C)O[C@H]21. The highest BCUT2D eigenvalue weighted by Crippen LogP contribution is 2.42. The standard InChI is InChI=1S/C17H27IO4/c1-10(2)12-9-19-15(13-7-5-6-11(8-18)20-13)16-14(12)21-17(3,4)22-16/h11-16H,1,5-9H2,2-4H3/t11?,12-,13+,14-,15-,16-/m0/s1. The van der Waals surface area contributed by atoms with Crippen molar-refractivity contribution in [1.82, 2.24) is 0 Å². The van der Waals surface area contributed by atoms with Gasteiger partial charge in [0.25, 0.3) is 0 Å². The molecule has 0 aliphatic carbocycles. The molecule has 3 heterocycles. The molecule has 0 aromatic heterocycles. The Kier molecular flexibility index (Phi) is 5.20. The first-order valence-electron chi connectivity index (χ1n) is 8.25. The summed E-state index contributed by atoms with van der Waals surface area (Å²) < 4.78 is 25.9. The van der Waals surface area contributed by atoms with Crippen molar-refractivity contribution in [3.05, 3.63) is 12.2 Å². The van der Waals surface area contributed by atoms with Gasteiger partial charge < -0.3 is 18.9 Å². The zero-order valence-electron chi connectivity index (χ0n) is 13.7. The molecule has 22 heavy (non-hydrogen) atoms. The van der Waals surface area contributed by atoms with Crippen molar-refractivity contribution < 1.29 is 18.9 Å². The average Bonchev–Trinajstić information content (AvgIpc) is 2.80. The highest BCUT2D eigenvalue weighted by molar-refractivity contribution is 14.1. The van der Waals surface area contributed by atoms with Crippen molar-refractivity contribution in [2.24, 2.45) is 5.92 Å². The molecule has 0 amide bonds. The monoisotopic (exact) mass is 422 g/mol. The molecule has 0 saturated carbocycles. The Bertz CT molecular complexity index is 425. The molecule has 0 N–H and O–H groups in total. The Labute approximate surface area is 147 Å². The van der Waals surface area contributed by atoms with Gasteiger partial charge in [-0.25, -0.2) is 0 Å². The van der Waals surface area contributed by atoms with Crippen LogP contribution in [0.4, 0.5) is 0 Å². The summed E-state index contributed by atoms with van der Waals surface area (Å²) in [5.41, 5.74) is 1.10. The van der Waals surface area contributed by atoms with Gasteiger partial charge in [0.2, 0.25) is 0 Å². The summed E-state index contributed by atoms with van der Waals surface area (Å²) in [6.07, 6.45) is 3.77. The van der Waals surface area contributed by atoms with Crippen LogP contribution in [0, 0.1) is 5.92 Å². The van der Waals surface area contributed by atoms with E-state index < -0.39 is 5.79 Å². The van der Waals surface area contributed by atoms with Gasteiger partial charge in [0.1, 0.15) is 12.2 Å². The first kappa shape index (κ1) is 17.1. The van der Waals surface area contributed by atoms with Crippen LogP contribution >= 0.6 is 22.6 Å². The van der Waals surface area contributed by atoms with E-state index in [1.807, 2.05) is 20.8 Å². The van der Waals surface area contributed by atoms with Gasteiger partial charge in [-0.2, -0.15) is 0 Å². The maximum absolute atomic E-state index is 6.26. The maximum atomic E-state index is 6.26. The smallest absolute Gasteiger partial charge is 0.163 e. The summed E-state index contributed by atoms with van der Waals surface area (Å²) in [5, 5.41) is 0. The molecule has 1 unspecified atom stereocenters. The zero-order chi connectivity index (χ0) is 15.9. The minimum Gasteiger partial charge on any atom is -0.372 e. The van der Waals surface area contributed by atoms with Gasteiger partial charge in [-0.15, -0.1) is 0 Å². The summed E-state index contributed by atoms with van der Waals surface area (Å²) in [6.45, 7) is 10.8. The van der Waals surface area contributed by atoms with Crippen LogP contribution in [0.1, 0.15) is 40.0 Å². The molecular formula is C17H27IO4. The molecule has 3 aliphatic heterocycles. The van der Waals surface area contributed by atoms with Crippen molar-refractivity contribution in [1.29, 1.82) is 0 Å². The van der Waals surface area contributed by atoms with Crippen LogP contribution in [0.2, 0.25) is 0 Å². The third kappa shape index (κ3) is 3.38. The highest BCUT2D eigenvalue weighted by atomic mass is 127. The van der Waals surface area contributed by atoms with Crippen LogP contribution < -0.4 is 0 Å². The summed E-state index contributed by atoms with van der Waals surface area (Å²) in [7, 11) is 0. The van der Waals surface area contributed by atoms with Gasteiger partial charge in [0, 0.05) is 10.3 Å². The molecular weight excluding hydrogens is 395 g/mol. The average molecular weight is 422 g/mol. The number of halogens is 1. The normalized spacial score (nSPS) is 44.5. The molecule has 3 rings (SSSR count). The fraction of sp³-hybridized carbons (Fsp3) is 0.882. The fourth-order valence-corrected chi connectivity index (χ4v) is 4.46. The van der Waals surface area contributed by atoms with Crippen LogP contribution in [0.25, 0.3) is 0 Å². The van der Waals surface area contributed by atoms with Crippen LogP contribution in [-0.2, 0) is 18.9 Å². The lowest BCUT2D eigenvalue weighted by Crippen LogP contribution is -2.55. The Hall–Kier alpha value is 0.310. The topological polar surface area (TPSA) is 36.9 Å². The summed E-state index contributed by atoms with van der Waals surface area (Å²) in [4.78, 5) is 0. The molecule has 4 nitrogen and oxygen atoms in total. The number of alkyl halides is 1. The van der Waals surface area contributed by atoms with E-state index >= 15 is 0 Å². The van der Waals surface area contributed by atoms with Crippen molar-refractivity contribution in [2.75, 3.05) is 11.0 Å². The van der Waals surface area contributed by atoms with Gasteiger partial charge in [-0.1, -0.05) is 34.7 Å². The predicted molar refractivity (Wildman–Crippen MR) is 93.3 cm³/mol. The van der Waals surface area contributed by atoms with Gasteiger partial charge in [-0.3, -0.25) is 0 Å². The lowest BCUT2D eigenvalue weighted by atomic mass is 9.85. The van der Waals surface area contributed by atoms with Crippen molar-refractivity contribution in [3.63, 3.8) is 0 Å². The van der Waals surface area contributed by atoms with E-state index in [1.165, 1.54) is 6.42 Å². The quantitative estimate of drug-likeness (QED) is 0.397. The Morgan fingerprint density at radius 2 is 1.91 bits per heavy atom. The summed E-state index contributed by atoms with van der Waals surface area (Å²) in [6, 6.07) is 0. The summed E-state index contributed by atoms with van der Waals surface area (Å²) in [5.74, 6) is -0.362. The molecule has 6 atom stereocenters. The molecule has 5 heteroatoms. The van der Waals surface area contributed by atoms with E-state index in [-0.39, 0.29) is 30.3 Å².